The van der Waals surface area contributed by atoms with Crippen LogP contribution in [-0.2, 0) is 20.2 Å². The van der Waals surface area contributed by atoms with Gasteiger partial charge >= 0.3 is 6.03 Å². The Morgan fingerprint density at radius 3 is 2.46 bits per heavy atom. The molecule has 1 aromatic carbocycles. The second kappa shape index (κ2) is 7.00. The molecule has 2 saturated heterocycles. The van der Waals surface area contributed by atoms with Crippen LogP contribution in [-0.4, -0.2) is 56.0 Å². The Labute approximate surface area is 154 Å². The summed E-state index contributed by atoms with van der Waals surface area (Å²) in [7, 11) is -3.01. The largest absolute Gasteiger partial charge is 0.329 e. The van der Waals surface area contributed by atoms with Gasteiger partial charge in [0.1, 0.15) is 17.3 Å². The van der Waals surface area contributed by atoms with Gasteiger partial charge in [0.2, 0.25) is 0 Å². The lowest BCUT2D eigenvalue weighted by atomic mass is 9.87. The summed E-state index contributed by atoms with van der Waals surface area (Å²) in [4.78, 5) is 28.0. The van der Waals surface area contributed by atoms with Gasteiger partial charge in [-0.3, -0.25) is 4.79 Å². The van der Waals surface area contributed by atoms with E-state index in [-0.39, 0.29) is 30.1 Å². The lowest BCUT2D eigenvalue weighted by molar-refractivity contribution is -0.927. The first-order valence-corrected chi connectivity index (χ1v) is 10.9. The number of nitrogens with zero attached hydrogens (tertiary/aromatic N) is 1. The number of carbonyl (C=O) groups is 2. The zero-order chi connectivity index (χ0) is 18.9. The Hall–Kier alpha value is -1.93. The Morgan fingerprint density at radius 2 is 1.92 bits per heavy atom. The summed E-state index contributed by atoms with van der Waals surface area (Å²) >= 11 is 0. The van der Waals surface area contributed by atoms with Gasteiger partial charge in [0.25, 0.3) is 5.91 Å². The molecule has 8 heteroatoms. The maximum atomic E-state index is 13.2. The van der Waals surface area contributed by atoms with Crippen LogP contribution in [0.4, 0.5) is 4.79 Å². The van der Waals surface area contributed by atoms with Gasteiger partial charge in [-0.2, -0.15) is 0 Å². The molecule has 2 aliphatic rings. The molecule has 2 fully saturated rings. The van der Waals surface area contributed by atoms with Crippen LogP contribution < -0.4 is 10.2 Å². The molecule has 26 heavy (non-hydrogen) atoms. The predicted octanol–water partition coefficient (Wildman–Crippen LogP) is -0.107. The van der Waals surface area contributed by atoms with Gasteiger partial charge in [0.05, 0.1) is 12.3 Å². The van der Waals surface area contributed by atoms with Crippen molar-refractivity contribution in [3.63, 3.8) is 0 Å². The summed E-state index contributed by atoms with van der Waals surface area (Å²) < 4.78 is 23.6. The Balaban J connectivity index is 1.82. The number of nitrogens with one attached hydrogen (secondary N) is 2. The first kappa shape index (κ1) is 18.8. The van der Waals surface area contributed by atoms with E-state index in [9.17, 15) is 18.0 Å². The molecule has 1 unspecified atom stereocenters. The van der Waals surface area contributed by atoms with Crippen molar-refractivity contribution in [3.05, 3.63) is 35.9 Å². The normalized spacial score (nSPS) is 29.0. The quantitative estimate of drug-likeness (QED) is 0.675. The van der Waals surface area contributed by atoms with E-state index in [2.05, 4.69) is 5.32 Å². The molecule has 142 valence electrons. The molecule has 3 rings (SSSR count). The van der Waals surface area contributed by atoms with E-state index in [0.29, 0.717) is 19.4 Å². The van der Waals surface area contributed by atoms with Gasteiger partial charge in [-0.1, -0.05) is 37.3 Å². The average molecular weight is 380 g/mol. The average Bonchev–Trinajstić information content (AvgIpc) is 3.11. The van der Waals surface area contributed by atoms with Crippen LogP contribution in [0.15, 0.2) is 30.3 Å². The second-order valence-corrected chi connectivity index (χ2v) is 9.29. The van der Waals surface area contributed by atoms with E-state index < -0.39 is 21.4 Å². The van der Waals surface area contributed by atoms with E-state index >= 15 is 0 Å². The van der Waals surface area contributed by atoms with Crippen molar-refractivity contribution in [2.45, 2.75) is 38.3 Å². The van der Waals surface area contributed by atoms with E-state index in [1.807, 2.05) is 44.2 Å². The fourth-order valence-electron chi connectivity index (χ4n) is 3.98. The third-order valence-electron chi connectivity index (χ3n) is 5.60. The van der Waals surface area contributed by atoms with Crippen molar-refractivity contribution in [1.29, 1.82) is 0 Å². The highest BCUT2D eigenvalue weighted by Crippen LogP contribution is 2.31. The third kappa shape index (κ3) is 3.23. The molecule has 0 aliphatic carbocycles. The fraction of sp³-hybridized carbons (Fsp3) is 0.556. The molecule has 0 saturated carbocycles. The minimum absolute atomic E-state index is 0.0704. The van der Waals surface area contributed by atoms with E-state index in [0.717, 1.165) is 10.5 Å². The molecule has 0 aromatic heterocycles. The summed E-state index contributed by atoms with van der Waals surface area (Å²) in [5.41, 5.74) is -0.274. The van der Waals surface area contributed by atoms with E-state index in [4.69, 9.17) is 0 Å². The standard InChI is InChI=1S/C18H25N3O4S/c1-3-18(14-8-6-5-7-9-14)16(22)21(17(23)19-18)13-20(4-2)15-10-11-26(24,25)12-15/h5-9,15H,3-4,10-13H2,1-2H3,(H,19,23)/p+1/t15-,18-/m1/s1. The number of carbonyl (C=O) groups excluding carboxylic acids is 2. The first-order valence-electron chi connectivity index (χ1n) is 9.07. The zero-order valence-electron chi connectivity index (χ0n) is 15.2. The summed E-state index contributed by atoms with van der Waals surface area (Å²) in [5.74, 6) is 0.0461. The molecule has 7 nitrogen and oxygen atoms in total. The zero-order valence-corrected chi connectivity index (χ0v) is 16.0. The van der Waals surface area contributed by atoms with Gasteiger partial charge in [0, 0.05) is 6.42 Å². The minimum Gasteiger partial charge on any atom is -0.319 e. The number of imide groups is 1. The van der Waals surface area contributed by atoms with Gasteiger partial charge < -0.3 is 10.2 Å². The number of benzene rings is 1. The van der Waals surface area contributed by atoms with Crippen LogP contribution in [0.2, 0.25) is 0 Å². The van der Waals surface area contributed by atoms with E-state index in [1.54, 1.807) is 0 Å². The van der Waals surface area contributed by atoms with Crippen molar-refractivity contribution in [3.8, 4) is 0 Å². The Morgan fingerprint density at radius 1 is 1.23 bits per heavy atom. The third-order valence-corrected chi connectivity index (χ3v) is 7.37. The highest BCUT2D eigenvalue weighted by Gasteiger charge is 2.52. The molecule has 0 radical (unpaired) electrons. The molecule has 0 bridgehead atoms. The SMILES string of the molecule is CC[NH+](CN1C(=O)N[C@](CC)(c2ccccc2)C1=O)[C@@H]1CCS(=O)(=O)C1. The molecule has 2 heterocycles. The smallest absolute Gasteiger partial charge is 0.319 e. The molecule has 1 aromatic rings. The van der Waals surface area contributed by atoms with Crippen molar-refractivity contribution in [1.82, 2.24) is 10.2 Å². The predicted molar refractivity (Wildman–Crippen MR) is 97.2 cm³/mol. The number of hydrogen-bond donors (Lipinski definition) is 2. The summed E-state index contributed by atoms with van der Waals surface area (Å²) in [5, 5.41) is 2.88. The fourth-order valence-corrected chi connectivity index (χ4v) is 5.81. The van der Waals surface area contributed by atoms with Gasteiger partial charge in [-0.05, 0) is 18.9 Å². The highest BCUT2D eigenvalue weighted by atomic mass is 32.2. The monoisotopic (exact) mass is 380 g/mol. The maximum absolute atomic E-state index is 13.2. The molecular formula is C18H26N3O4S+. The van der Waals surface area contributed by atoms with Crippen LogP contribution in [0.5, 0.6) is 0 Å². The molecule has 3 atom stereocenters. The van der Waals surface area contributed by atoms with Gasteiger partial charge in [-0.25, -0.2) is 18.1 Å². The molecule has 2 aliphatic heterocycles. The van der Waals surface area contributed by atoms with Crippen molar-refractivity contribution < 1.29 is 22.9 Å². The Bertz CT molecular complexity index is 796. The molecule has 2 N–H and O–H groups in total. The maximum Gasteiger partial charge on any atom is 0.329 e. The van der Waals surface area contributed by atoms with Crippen molar-refractivity contribution in [2.24, 2.45) is 0 Å². The van der Waals surface area contributed by atoms with Crippen LogP contribution >= 0.6 is 0 Å². The molecule has 3 amide bonds. The minimum atomic E-state index is -3.01. The highest BCUT2D eigenvalue weighted by molar-refractivity contribution is 7.91. The topological polar surface area (TPSA) is 88.0 Å². The number of urea groups is 1. The van der Waals surface area contributed by atoms with Crippen molar-refractivity contribution in [2.75, 3.05) is 24.7 Å². The van der Waals surface area contributed by atoms with Crippen LogP contribution in [0, 0.1) is 0 Å². The van der Waals surface area contributed by atoms with Crippen LogP contribution in [0.1, 0.15) is 32.3 Å². The van der Waals surface area contributed by atoms with Crippen LogP contribution in [0.25, 0.3) is 0 Å². The number of sulfone groups is 1. The lowest BCUT2D eigenvalue weighted by Crippen LogP contribution is -3.17. The summed E-state index contributed by atoms with van der Waals surface area (Å²) in [6.45, 7) is 4.67. The number of rotatable bonds is 6. The van der Waals surface area contributed by atoms with Crippen LogP contribution in [0.3, 0.4) is 0 Å². The summed E-state index contributed by atoms with van der Waals surface area (Å²) in [6.07, 6.45) is 1.03. The number of quaternary nitrogens is 1. The summed E-state index contributed by atoms with van der Waals surface area (Å²) in [6, 6.07) is 8.78. The second-order valence-electron chi connectivity index (χ2n) is 7.06. The van der Waals surface area contributed by atoms with Gasteiger partial charge in [-0.15, -0.1) is 0 Å². The Kier molecular flexibility index (Phi) is 5.07. The van der Waals surface area contributed by atoms with E-state index in [1.165, 1.54) is 4.90 Å². The lowest BCUT2D eigenvalue weighted by Gasteiger charge is -2.28. The van der Waals surface area contributed by atoms with Gasteiger partial charge in [0.15, 0.2) is 16.5 Å². The molecule has 0 spiro atoms. The van der Waals surface area contributed by atoms with Crippen molar-refractivity contribution >= 4 is 21.8 Å². The number of amides is 3. The molecular weight excluding hydrogens is 354 g/mol. The first-order chi connectivity index (χ1) is 12.3. The number of hydrogen-bond acceptors (Lipinski definition) is 4.